The molecule has 0 rings (SSSR count). The summed E-state index contributed by atoms with van der Waals surface area (Å²) in [5.41, 5.74) is 0. The fourth-order valence-electron chi connectivity index (χ4n) is 5.80. The Morgan fingerprint density at radius 1 is 0.556 bits per heavy atom. The predicted molar refractivity (Wildman–Crippen MR) is 191 cm³/mol. The molecule has 266 valence electrons. The van der Waals surface area contributed by atoms with E-state index in [0.717, 1.165) is 64.2 Å². The zero-order chi connectivity index (χ0) is 33.2. The van der Waals surface area contributed by atoms with Crippen LogP contribution in [0.2, 0.25) is 0 Å². The third kappa shape index (κ3) is 28.7. The van der Waals surface area contributed by atoms with Crippen LogP contribution in [0.4, 0.5) is 0 Å². The van der Waals surface area contributed by atoms with Gasteiger partial charge in [-0.1, -0.05) is 173 Å². The van der Waals surface area contributed by atoms with Crippen molar-refractivity contribution in [2.24, 2.45) is 0 Å². The van der Waals surface area contributed by atoms with Gasteiger partial charge in [0.15, 0.2) is 0 Å². The minimum Gasteiger partial charge on any atom is -0.394 e. The molecular formula is C39H75NO5. The van der Waals surface area contributed by atoms with E-state index in [4.69, 9.17) is 0 Å². The molecule has 0 saturated carbocycles. The lowest BCUT2D eigenvalue weighted by molar-refractivity contribution is -0.132. The highest BCUT2D eigenvalue weighted by Gasteiger charge is 2.28. The van der Waals surface area contributed by atoms with Crippen LogP contribution in [0, 0.1) is 0 Å². The first-order valence-corrected chi connectivity index (χ1v) is 19.2. The average Bonchev–Trinajstić information content (AvgIpc) is 3.04. The smallest absolute Gasteiger partial charge is 0.249 e. The number of allylic oxidation sites excluding steroid dienone is 4. The van der Waals surface area contributed by atoms with E-state index in [0.29, 0.717) is 12.8 Å². The summed E-state index contributed by atoms with van der Waals surface area (Å²) in [6, 6.07) is -0.988. The lowest BCUT2D eigenvalue weighted by Gasteiger charge is -2.27. The summed E-state index contributed by atoms with van der Waals surface area (Å²) in [4.78, 5) is 12.4. The highest BCUT2D eigenvalue weighted by molar-refractivity contribution is 5.80. The minimum absolute atomic E-state index is 0.352. The molecule has 0 spiro atoms. The van der Waals surface area contributed by atoms with Crippen LogP contribution in [0.3, 0.4) is 0 Å². The summed E-state index contributed by atoms with van der Waals surface area (Å²) < 4.78 is 0. The van der Waals surface area contributed by atoms with Gasteiger partial charge in [-0.25, -0.2) is 0 Å². The van der Waals surface area contributed by atoms with E-state index in [1.54, 1.807) is 0 Å². The fraction of sp³-hybridized carbons (Fsp3) is 0.872. The molecule has 0 heterocycles. The molecule has 0 aliphatic carbocycles. The maximum absolute atomic E-state index is 12.4. The SMILES string of the molecule is CCCCC/C=C\C=C/CCCCCCCC(O)C(=O)NC(CO)C(O)C(O)CCCCCCCCCCCCCCCCC. The second-order valence-corrected chi connectivity index (χ2v) is 13.3. The zero-order valence-corrected chi connectivity index (χ0v) is 29.6. The number of aliphatic hydroxyl groups is 4. The molecule has 0 saturated heterocycles. The number of hydrogen-bond acceptors (Lipinski definition) is 5. The van der Waals surface area contributed by atoms with Crippen LogP contribution in [-0.2, 0) is 4.79 Å². The van der Waals surface area contributed by atoms with Gasteiger partial charge in [-0.2, -0.15) is 0 Å². The van der Waals surface area contributed by atoms with Crippen molar-refractivity contribution in [2.75, 3.05) is 6.61 Å². The molecule has 0 radical (unpaired) electrons. The Bertz CT molecular complexity index is 682. The fourth-order valence-corrected chi connectivity index (χ4v) is 5.80. The van der Waals surface area contributed by atoms with E-state index in [1.807, 2.05) is 0 Å². The van der Waals surface area contributed by atoms with Gasteiger partial charge in [0.25, 0.3) is 0 Å². The molecule has 0 aromatic heterocycles. The molecule has 0 bridgehead atoms. The monoisotopic (exact) mass is 638 g/mol. The summed E-state index contributed by atoms with van der Waals surface area (Å²) in [5, 5.41) is 43.5. The van der Waals surface area contributed by atoms with Gasteiger partial charge in [-0.05, 0) is 38.5 Å². The Morgan fingerprint density at radius 3 is 1.40 bits per heavy atom. The van der Waals surface area contributed by atoms with Crippen molar-refractivity contribution in [1.82, 2.24) is 5.32 Å². The number of carbonyl (C=O) groups is 1. The lowest BCUT2D eigenvalue weighted by atomic mass is 9.99. The van der Waals surface area contributed by atoms with Crippen molar-refractivity contribution in [1.29, 1.82) is 0 Å². The van der Waals surface area contributed by atoms with Crippen LogP contribution < -0.4 is 5.32 Å². The summed E-state index contributed by atoms with van der Waals surface area (Å²) >= 11 is 0. The van der Waals surface area contributed by atoms with Crippen LogP contribution in [-0.4, -0.2) is 57.3 Å². The van der Waals surface area contributed by atoms with Crippen molar-refractivity contribution < 1.29 is 25.2 Å². The Kier molecular flexibility index (Phi) is 33.2. The van der Waals surface area contributed by atoms with Gasteiger partial charge in [-0.15, -0.1) is 0 Å². The maximum atomic E-state index is 12.4. The first kappa shape index (κ1) is 43.8. The number of unbranched alkanes of at least 4 members (excludes halogenated alkanes) is 22. The highest BCUT2D eigenvalue weighted by Crippen LogP contribution is 2.16. The van der Waals surface area contributed by atoms with E-state index in [1.165, 1.54) is 96.3 Å². The van der Waals surface area contributed by atoms with Gasteiger partial charge < -0.3 is 25.7 Å². The van der Waals surface area contributed by atoms with Crippen LogP contribution in [0.1, 0.15) is 187 Å². The average molecular weight is 638 g/mol. The molecule has 6 nitrogen and oxygen atoms in total. The standard InChI is InChI=1S/C39H75NO5/c1-3-5-7-9-11-13-15-17-19-21-22-24-26-28-30-32-36(42)38(44)35(34-41)40-39(45)37(43)33-31-29-27-25-23-20-18-16-14-12-10-8-6-4-2/h12,14,16,18,35-38,41-44H,3-11,13,15,17,19-34H2,1-2H3,(H,40,45)/b14-12-,18-16-. The lowest BCUT2D eigenvalue weighted by Crippen LogP contribution is -2.53. The van der Waals surface area contributed by atoms with Gasteiger partial charge in [0.1, 0.15) is 12.2 Å². The molecular weight excluding hydrogens is 562 g/mol. The Morgan fingerprint density at radius 2 is 0.933 bits per heavy atom. The number of hydrogen-bond donors (Lipinski definition) is 5. The predicted octanol–water partition coefficient (Wildman–Crippen LogP) is 9.23. The normalized spacial score (nSPS) is 14.7. The highest BCUT2D eigenvalue weighted by atomic mass is 16.3. The second-order valence-electron chi connectivity index (χ2n) is 13.3. The molecule has 0 aliphatic rings. The third-order valence-electron chi connectivity index (χ3n) is 8.94. The summed E-state index contributed by atoms with van der Waals surface area (Å²) in [6.45, 7) is 4.00. The van der Waals surface area contributed by atoms with Crippen LogP contribution >= 0.6 is 0 Å². The topological polar surface area (TPSA) is 110 Å². The summed E-state index contributed by atoms with van der Waals surface area (Å²) in [6.07, 6.45) is 36.2. The molecule has 0 aromatic rings. The van der Waals surface area contributed by atoms with Gasteiger partial charge >= 0.3 is 0 Å². The van der Waals surface area contributed by atoms with Crippen LogP contribution in [0.25, 0.3) is 0 Å². The minimum atomic E-state index is -1.26. The molecule has 0 aliphatic heterocycles. The summed E-state index contributed by atoms with van der Waals surface area (Å²) in [5.74, 6) is -0.597. The number of carbonyl (C=O) groups excluding carboxylic acids is 1. The number of nitrogens with one attached hydrogen (secondary N) is 1. The van der Waals surface area contributed by atoms with Crippen LogP contribution in [0.15, 0.2) is 24.3 Å². The van der Waals surface area contributed by atoms with E-state index in [2.05, 4.69) is 43.5 Å². The number of aliphatic hydroxyl groups excluding tert-OH is 4. The summed E-state index contributed by atoms with van der Waals surface area (Å²) in [7, 11) is 0. The van der Waals surface area contributed by atoms with Gasteiger partial charge in [0, 0.05) is 0 Å². The second kappa shape index (κ2) is 34.1. The van der Waals surface area contributed by atoms with E-state index < -0.39 is 36.9 Å². The van der Waals surface area contributed by atoms with Crippen molar-refractivity contribution in [3.8, 4) is 0 Å². The Hall–Kier alpha value is -1.21. The van der Waals surface area contributed by atoms with Crippen molar-refractivity contribution in [2.45, 2.75) is 212 Å². The Labute approximate surface area is 278 Å². The molecule has 1 amide bonds. The van der Waals surface area contributed by atoms with Gasteiger partial charge in [0.05, 0.1) is 18.8 Å². The maximum Gasteiger partial charge on any atom is 0.249 e. The molecule has 6 heteroatoms. The quantitative estimate of drug-likeness (QED) is 0.0357. The molecule has 0 aromatic carbocycles. The third-order valence-corrected chi connectivity index (χ3v) is 8.94. The first-order valence-electron chi connectivity index (χ1n) is 19.2. The first-order chi connectivity index (χ1) is 22.0. The van der Waals surface area contributed by atoms with Crippen molar-refractivity contribution in [3.05, 3.63) is 24.3 Å². The molecule has 0 fully saturated rings. The number of rotatable bonds is 34. The van der Waals surface area contributed by atoms with Crippen molar-refractivity contribution in [3.63, 3.8) is 0 Å². The number of amides is 1. The van der Waals surface area contributed by atoms with Gasteiger partial charge in [-0.3, -0.25) is 4.79 Å². The van der Waals surface area contributed by atoms with Gasteiger partial charge in [0.2, 0.25) is 5.91 Å². The largest absolute Gasteiger partial charge is 0.394 e. The molecule has 4 unspecified atom stereocenters. The molecule has 5 N–H and O–H groups in total. The van der Waals surface area contributed by atoms with Crippen LogP contribution in [0.5, 0.6) is 0 Å². The van der Waals surface area contributed by atoms with E-state index >= 15 is 0 Å². The van der Waals surface area contributed by atoms with Crippen molar-refractivity contribution >= 4 is 5.91 Å². The molecule has 4 atom stereocenters. The molecule has 45 heavy (non-hydrogen) atoms. The van der Waals surface area contributed by atoms with E-state index in [9.17, 15) is 25.2 Å². The van der Waals surface area contributed by atoms with E-state index in [-0.39, 0.29) is 0 Å². The Balaban J connectivity index is 3.83. The zero-order valence-electron chi connectivity index (χ0n) is 29.6.